The maximum Gasteiger partial charge on any atom is 0.337 e. The summed E-state index contributed by atoms with van der Waals surface area (Å²) >= 11 is 0. The predicted octanol–water partition coefficient (Wildman–Crippen LogP) is 1.29. The minimum Gasteiger partial charge on any atom is -0.465 e. The molecule has 3 N–H and O–H groups in total. The van der Waals surface area contributed by atoms with Crippen LogP contribution >= 0.6 is 0 Å². The summed E-state index contributed by atoms with van der Waals surface area (Å²) in [5, 5.41) is 2.97. The quantitative estimate of drug-likeness (QED) is 0.735. The molecule has 0 radical (unpaired) electrons. The molecule has 1 heterocycles. The highest BCUT2D eigenvalue weighted by molar-refractivity contribution is 5.89. The van der Waals surface area contributed by atoms with Crippen molar-refractivity contribution >= 4 is 11.9 Å². The number of carbonyl (C=O) groups excluding carboxylic acids is 2. The van der Waals surface area contributed by atoms with Gasteiger partial charge in [0.1, 0.15) is 0 Å². The van der Waals surface area contributed by atoms with Gasteiger partial charge in [-0.1, -0.05) is 18.6 Å². The highest BCUT2D eigenvalue weighted by Gasteiger charge is 2.23. The lowest BCUT2D eigenvalue weighted by molar-refractivity contribution is -0.121. The lowest BCUT2D eigenvalue weighted by Gasteiger charge is -2.36. The van der Waals surface area contributed by atoms with Crippen molar-refractivity contribution in [3.8, 4) is 0 Å². The van der Waals surface area contributed by atoms with Crippen LogP contribution in [0.2, 0.25) is 0 Å². The number of ether oxygens (including phenoxy) is 1. The fraction of sp³-hybridized carbons (Fsp3) is 0.556. The third kappa shape index (κ3) is 5.32. The lowest BCUT2D eigenvalue weighted by atomic mass is 10.0. The van der Waals surface area contributed by atoms with Gasteiger partial charge in [-0.2, -0.15) is 0 Å². The minimum atomic E-state index is -0.318. The van der Waals surface area contributed by atoms with Gasteiger partial charge in [-0.15, -0.1) is 0 Å². The molecule has 0 aliphatic carbocycles. The Hall–Kier alpha value is -1.92. The first kappa shape index (κ1) is 18.4. The molecule has 0 saturated carbocycles. The van der Waals surface area contributed by atoms with Gasteiger partial charge in [0, 0.05) is 32.1 Å². The summed E-state index contributed by atoms with van der Waals surface area (Å²) in [5.74, 6) is -0.309. The molecular formula is C18H27N3O3. The molecule has 24 heavy (non-hydrogen) atoms. The Morgan fingerprint density at radius 3 is 2.96 bits per heavy atom. The topological polar surface area (TPSA) is 84.7 Å². The summed E-state index contributed by atoms with van der Waals surface area (Å²) in [6.07, 6.45) is 3.77. The van der Waals surface area contributed by atoms with Gasteiger partial charge < -0.3 is 15.8 Å². The number of nitrogens with two attached hydrogens (primary N) is 1. The van der Waals surface area contributed by atoms with Crippen LogP contribution in [0.3, 0.4) is 0 Å². The third-order valence-corrected chi connectivity index (χ3v) is 4.39. The minimum absolute atomic E-state index is 0.00992. The Morgan fingerprint density at radius 1 is 1.38 bits per heavy atom. The van der Waals surface area contributed by atoms with E-state index in [4.69, 9.17) is 10.5 Å². The molecular weight excluding hydrogens is 306 g/mol. The SMILES string of the molecule is COC(=O)c1cccc(CN2CCCCC2CNC(=O)CCN)c1. The van der Waals surface area contributed by atoms with Crippen molar-refractivity contribution in [1.82, 2.24) is 10.2 Å². The molecule has 0 spiro atoms. The van der Waals surface area contributed by atoms with Crippen molar-refractivity contribution < 1.29 is 14.3 Å². The summed E-state index contributed by atoms with van der Waals surface area (Å²) < 4.78 is 4.78. The van der Waals surface area contributed by atoms with Crippen molar-refractivity contribution in [1.29, 1.82) is 0 Å². The van der Waals surface area contributed by atoms with Gasteiger partial charge in [0.15, 0.2) is 0 Å². The van der Waals surface area contributed by atoms with Crippen molar-refractivity contribution in [2.75, 3.05) is 26.7 Å². The molecule has 2 rings (SSSR count). The second-order valence-electron chi connectivity index (χ2n) is 6.15. The highest BCUT2D eigenvalue weighted by atomic mass is 16.5. The summed E-state index contributed by atoms with van der Waals surface area (Å²) in [5.41, 5.74) is 7.06. The van der Waals surface area contributed by atoms with Gasteiger partial charge in [-0.3, -0.25) is 9.69 Å². The predicted molar refractivity (Wildman–Crippen MR) is 92.5 cm³/mol. The molecule has 0 bridgehead atoms. The number of carbonyl (C=O) groups is 2. The maximum absolute atomic E-state index is 11.7. The van der Waals surface area contributed by atoms with E-state index in [9.17, 15) is 9.59 Å². The first-order chi connectivity index (χ1) is 11.6. The number of hydrogen-bond acceptors (Lipinski definition) is 5. The van der Waals surface area contributed by atoms with Crippen molar-refractivity contribution in [3.63, 3.8) is 0 Å². The van der Waals surface area contributed by atoms with E-state index in [1.807, 2.05) is 18.2 Å². The second-order valence-corrected chi connectivity index (χ2v) is 6.15. The monoisotopic (exact) mass is 333 g/mol. The molecule has 132 valence electrons. The summed E-state index contributed by atoms with van der Waals surface area (Å²) in [4.78, 5) is 25.7. The van der Waals surface area contributed by atoms with Gasteiger partial charge >= 0.3 is 5.97 Å². The molecule has 0 aromatic heterocycles. The largest absolute Gasteiger partial charge is 0.465 e. The first-order valence-corrected chi connectivity index (χ1v) is 8.52. The van der Waals surface area contributed by atoms with Crippen LogP contribution in [0.4, 0.5) is 0 Å². The van der Waals surface area contributed by atoms with Crippen LogP contribution in [0.1, 0.15) is 41.6 Å². The Bertz CT molecular complexity index is 562. The number of methoxy groups -OCH3 is 1. The number of nitrogens with zero attached hydrogens (tertiary/aromatic N) is 1. The second kappa shape index (κ2) is 9.39. The van der Waals surface area contributed by atoms with E-state index in [0.717, 1.165) is 31.5 Å². The van der Waals surface area contributed by atoms with Crippen LogP contribution in [-0.4, -0.2) is 49.6 Å². The van der Waals surface area contributed by atoms with E-state index in [1.165, 1.54) is 13.5 Å². The van der Waals surface area contributed by atoms with E-state index in [2.05, 4.69) is 10.2 Å². The van der Waals surface area contributed by atoms with E-state index in [0.29, 0.717) is 31.1 Å². The molecule has 6 nitrogen and oxygen atoms in total. The van der Waals surface area contributed by atoms with Crippen molar-refractivity contribution in [2.24, 2.45) is 5.73 Å². The molecule has 1 saturated heterocycles. The van der Waals surface area contributed by atoms with Crippen LogP contribution in [0.25, 0.3) is 0 Å². The summed E-state index contributed by atoms with van der Waals surface area (Å²) in [7, 11) is 1.39. The van der Waals surface area contributed by atoms with Gasteiger partial charge in [0.2, 0.25) is 5.91 Å². The number of nitrogens with one attached hydrogen (secondary N) is 1. The molecule has 1 aromatic rings. The van der Waals surface area contributed by atoms with Crippen LogP contribution in [0.15, 0.2) is 24.3 Å². The number of benzene rings is 1. The number of amides is 1. The molecule has 1 aliphatic heterocycles. The Morgan fingerprint density at radius 2 is 2.21 bits per heavy atom. The Kier molecular flexibility index (Phi) is 7.21. The van der Waals surface area contributed by atoms with Gasteiger partial charge in [0.25, 0.3) is 0 Å². The van der Waals surface area contributed by atoms with E-state index >= 15 is 0 Å². The van der Waals surface area contributed by atoms with E-state index < -0.39 is 0 Å². The molecule has 1 aliphatic rings. The standard InChI is InChI=1S/C18H27N3O3/c1-24-18(23)15-6-4-5-14(11-15)13-21-10-3-2-7-16(21)12-20-17(22)8-9-19/h4-6,11,16H,2-3,7-10,12-13,19H2,1H3,(H,20,22). The Labute approximate surface area is 143 Å². The zero-order valence-electron chi connectivity index (χ0n) is 14.3. The molecule has 1 unspecified atom stereocenters. The smallest absolute Gasteiger partial charge is 0.337 e. The zero-order valence-corrected chi connectivity index (χ0v) is 14.3. The van der Waals surface area contributed by atoms with Crippen molar-refractivity contribution in [2.45, 2.75) is 38.3 Å². The van der Waals surface area contributed by atoms with Gasteiger partial charge in [-0.05, 0) is 37.1 Å². The number of hydrogen-bond donors (Lipinski definition) is 2. The van der Waals surface area contributed by atoms with E-state index in [-0.39, 0.29) is 11.9 Å². The van der Waals surface area contributed by atoms with Gasteiger partial charge in [0.05, 0.1) is 12.7 Å². The molecule has 6 heteroatoms. The molecule has 1 amide bonds. The molecule has 1 atom stereocenters. The number of piperidine rings is 1. The number of esters is 1. The van der Waals surface area contributed by atoms with Crippen LogP contribution in [-0.2, 0) is 16.1 Å². The van der Waals surface area contributed by atoms with Gasteiger partial charge in [-0.25, -0.2) is 4.79 Å². The first-order valence-electron chi connectivity index (χ1n) is 8.52. The number of rotatable bonds is 7. The fourth-order valence-corrected chi connectivity index (χ4v) is 3.10. The maximum atomic E-state index is 11.7. The summed E-state index contributed by atoms with van der Waals surface area (Å²) in [6.45, 7) is 2.79. The Balaban J connectivity index is 1.97. The lowest BCUT2D eigenvalue weighted by Crippen LogP contribution is -2.46. The van der Waals surface area contributed by atoms with Crippen LogP contribution in [0, 0.1) is 0 Å². The normalized spacial score (nSPS) is 18.2. The fourth-order valence-electron chi connectivity index (χ4n) is 3.10. The average molecular weight is 333 g/mol. The third-order valence-electron chi connectivity index (χ3n) is 4.39. The highest BCUT2D eigenvalue weighted by Crippen LogP contribution is 2.20. The molecule has 1 aromatic carbocycles. The van der Waals surface area contributed by atoms with Crippen molar-refractivity contribution in [3.05, 3.63) is 35.4 Å². The average Bonchev–Trinajstić information content (AvgIpc) is 2.61. The zero-order chi connectivity index (χ0) is 17.4. The molecule has 1 fully saturated rings. The number of likely N-dealkylation sites (tertiary alicyclic amines) is 1. The summed E-state index contributed by atoms with van der Waals surface area (Å²) in [6, 6.07) is 7.86. The van der Waals surface area contributed by atoms with E-state index in [1.54, 1.807) is 6.07 Å². The van der Waals surface area contributed by atoms with Crippen LogP contribution < -0.4 is 11.1 Å². The van der Waals surface area contributed by atoms with Crippen LogP contribution in [0.5, 0.6) is 0 Å².